The van der Waals surface area contributed by atoms with E-state index in [1.54, 1.807) is 19.3 Å². The van der Waals surface area contributed by atoms with Crippen LogP contribution in [0.2, 0.25) is 5.02 Å². The molecule has 0 aliphatic rings. The Morgan fingerprint density at radius 3 is 2.67 bits per heavy atom. The normalized spacial score (nSPS) is 11.4. The molecule has 0 aliphatic carbocycles. The molecule has 1 aromatic heterocycles. The second-order valence-electron chi connectivity index (χ2n) is 3.66. The van der Waals surface area contributed by atoms with Gasteiger partial charge in [-0.05, 0) is 18.2 Å². The smallest absolute Gasteiger partial charge is 0.263 e. The van der Waals surface area contributed by atoms with Gasteiger partial charge in [-0.3, -0.25) is 9.40 Å². The van der Waals surface area contributed by atoms with Crippen LogP contribution in [0.3, 0.4) is 0 Å². The first-order valence-electron chi connectivity index (χ1n) is 4.96. The van der Waals surface area contributed by atoms with E-state index < -0.39 is 10.0 Å². The number of hydrogen-bond donors (Lipinski definition) is 2. The predicted molar refractivity (Wildman–Crippen MR) is 69.9 cm³/mol. The van der Waals surface area contributed by atoms with Crippen molar-refractivity contribution < 1.29 is 8.42 Å². The molecule has 0 radical (unpaired) electrons. The first-order valence-corrected chi connectivity index (χ1v) is 6.82. The lowest BCUT2D eigenvalue weighted by Crippen LogP contribution is -2.13. The number of sulfonamides is 1. The number of anilines is 2. The minimum atomic E-state index is -3.70. The molecule has 2 rings (SSSR count). The highest BCUT2D eigenvalue weighted by atomic mass is 35.5. The lowest BCUT2D eigenvalue weighted by Gasteiger charge is -2.06. The van der Waals surface area contributed by atoms with Crippen LogP contribution in [-0.2, 0) is 17.1 Å². The van der Waals surface area contributed by atoms with E-state index >= 15 is 0 Å². The summed E-state index contributed by atoms with van der Waals surface area (Å²) in [6.07, 6.45) is 1.63. The number of benzene rings is 1. The van der Waals surface area contributed by atoms with Crippen molar-refractivity contribution in [3.63, 3.8) is 0 Å². The first-order chi connectivity index (χ1) is 8.38. The molecule has 0 unspecified atom stereocenters. The Morgan fingerprint density at radius 1 is 1.39 bits per heavy atom. The molecule has 0 fully saturated rings. The Hall–Kier alpha value is -1.73. The largest absolute Gasteiger partial charge is 0.397 e. The summed E-state index contributed by atoms with van der Waals surface area (Å²) in [5.74, 6) is 0.242. The summed E-state index contributed by atoms with van der Waals surface area (Å²) in [7, 11) is -2.01. The molecule has 0 bridgehead atoms. The summed E-state index contributed by atoms with van der Waals surface area (Å²) in [5.41, 5.74) is 5.78. The van der Waals surface area contributed by atoms with Crippen LogP contribution in [0.15, 0.2) is 35.4 Å². The van der Waals surface area contributed by atoms with Gasteiger partial charge in [-0.15, -0.1) is 0 Å². The number of aryl methyl sites for hydroxylation is 1. The Labute approximate surface area is 109 Å². The molecule has 3 N–H and O–H groups in total. The summed E-state index contributed by atoms with van der Waals surface area (Å²) >= 11 is 5.74. The number of aromatic nitrogens is 2. The van der Waals surface area contributed by atoms with E-state index in [9.17, 15) is 8.42 Å². The molecule has 0 saturated carbocycles. The summed E-state index contributed by atoms with van der Waals surface area (Å²) in [4.78, 5) is 0.0371. The van der Waals surface area contributed by atoms with Crippen molar-refractivity contribution >= 4 is 33.1 Å². The standard InChI is InChI=1S/C10H11ClN4O2S/c1-15-5-4-10(13-15)14-18(16,17)7-2-3-8(11)9(12)6-7/h2-6H,12H2,1H3,(H,13,14). The van der Waals surface area contributed by atoms with E-state index in [-0.39, 0.29) is 16.4 Å². The SMILES string of the molecule is Cn1ccc(NS(=O)(=O)c2ccc(Cl)c(N)c2)n1. The molecule has 1 aromatic carbocycles. The van der Waals surface area contributed by atoms with E-state index in [1.807, 2.05) is 0 Å². The molecule has 96 valence electrons. The van der Waals surface area contributed by atoms with Gasteiger partial charge in [-0.1, -0.05) is 11.6 Å². The van der Waals surface area contributed by atoms with E-state index in [2.05, 4.69) is 9.82 Å². The Morgan fingerprint density at radius 2 is 2.11 bits per heavy atom. The quantitative estimate of drug-likeness (QED) is 0.836. The zero-order valence-electron chi connectivity index (χ0n) is 9.46. The van der Waals surface area contributed by atoms with Crippen LogP contribution in [-0.4, -0.2) is 18.2 Å². The van der Waals surface area contributed by atoms with Crippen LogP contribution >= 0.6 is 11.6 Å². The van der Waals surface area contributed by atoms with Gasteiger partial charge in [0.25, 0.3) is 10.0 Å². The molecule has 0 atom stereocenters. The molecule has 1 heterocycles. The fraction of sp³-hybridized carbons (Fsp3) is 0.100. The lowest BCUT2D eigenvalue weighted by atomic mass is 10.3. The van der Waals surface area contributed by atoms with Crippen molar-refractivity contribution in [3.05, 3.63) is 35.5 Å². The number of nitrogens with zero attached hydrogens (tertiary/aromatic N) is 2. The maximum absolute atomic E-state index is 12.0. The van der Waals surface area contributed by atoms with Gasteiger partial charge in [-0.2, -0.15) is 5.10 Å². The minimum absolute atomic E-state index is 0.0371. The van der Waals surface area contributed by atoms with Gasteiger partial charge in [0.2, 0.25) is 0 Å². The molecule has 18 heavy (non-hydrogen) atoms. The Bertz CT molecular complexity index is 681. The highest BCUT2D eigenvalue weighted by Gasteiger charge is 2.16. The molecule has 0 saturated heterocycles. The first kappa shape index (κ1) is 12.7. The average Bonchev–Trinajstić information content (AvgIpc) is 2.67. The molecule has 6 nitrogen and oxygen atoms in total. The lowest BCUT2D eigenvalue weighted by molar-refractivity contribution is 0.601. The summed E-state index contributed by atoms with van der Waals surface area (Å²) in [6.45, 7) is 0. The summed E-state index contributed by atoms with van der Waals surface area (Å²) in [5, 5.41) is 4.24. The topological polar surface area (TPSA) is 90.0 Å². The number of halogens is 1. The molecule has 2 aromatic rings. The van der Waals surface area contributed by atoms with Gasteiger partial charge in [0.1, 0.15) is 0 Å². The van der Waals surface area contributed by atoms with Gasteiger partial charge in [0.15, 0.2) is 5.82 Å². The van der Waals surface area contributed by atoms with Crippen molar-refractivity contribution in [2.75, 3.05) is 10.5 Å². The van der Waals surface area contributed by atoms with Crippen molar-refractivity contribution in [1.82, 2.24) is 9.78 Å². The van der Waals surface area contributed by atoms with Crippen LogP contribution in [0.25, 0.3) is 0 Å². The van der Waals surface area contributed by atoms with Gasteiger partial charge in [0, 0.05) is 19.3 Å². The van der Waals surface area contributed by atoms with E-state index in [0.717, 1.165) is 0 Å². The average molecular weight is 287 g/mol. The molecular formula is C10H11ClN4O2S. The van der Waals surface area contributed by atoms with E-state index in [0.29, 0.717) is 5.02 Å². The monoisotopic (exact) mass is 286 g/mol. The number of nitrogens with two attached hydrogens (primary N) is 1. The number of rotatable bonds is 3. The zero-order chi connectivity index (χ0) is 13.3. The van der Waals surface area contributed by atoms with Crippen molar-refractivity contribution in [2.24, 2.45) is 7.05 Å². The second kappa shape index (κ2) is 4.51. The molecule has 0 spiro atoms. The third kappa shape index (κ3) is 2.57. The predicted octanol–water partition coefficient (Wildman–Crippen LogP) is 1.46. The van der Waals surface area contributed by atoms with Crippen LogP contribution in [0.5, 0.6) is 0 Å². The summed E-state index contributed by atoms with van der Waals surface area (Å²) < 4.78 is 27.9. The van der Waals surface area contributed by atoms with Gasteiger partial charge >= 0.3 is 0 Å². The minimum Gasteiger partial charge on any atom is -0.397 e. The fourth-order valence-electron chi connectivity index (χ4n) is 1.36. The van der Waals surface area contributed by atoms with E-state index in [1.165, 1.54) is 22.9 Å². The highest BCUT2D eigenvalue weighted by Crippen LogP contribution is 2.23. The third-order valence-electron chi connectivity index (χ3n) is 2.23. The van der Waals surface area contributed by atoms with Crippen molar-refractivity contribution in [2.45, 2.75) is 4.90 Å². The molecule has 0 aliphatic heterocycles. The van der Waals surface area contributed by atoms with E-state index in [4.69, 9.17) is 17.3 Å². The highest BCUT2D eigenvalue weighted by molar-refractivity contribution is 7.92. The van der Waals surface area contributed by atoms with Gasteiger partial charge in [0.05, 0.1) is 15.6 Å². The molecule has 0 amide bonds. The Balaban J connectivity index is 2.33. The van der Waals surface area contributed by atoms with Crippen LogP contribution < -0.4 is 10.5 Å². The van der Waals surface area contributed by atoms with Crippen LogP contribution in [0.1, 0.15) is 0 Å². The number of nitrogen functional groups attached to an aromatic ring is 1. The van der Waals surface area contributed by atoms with Gasteiger partial charge < -0.3 is 5.73 Å². The number of nitrogens with one attached hydrogen (secondary N) is 1. The third-order valence-corrected chi connectivity index (χ3v) is 3.93. The van der Waals surface area contributed by atoms with Crippen LogP contribution in [0, 0.1) is 0 Å². The van der Waals surface area contributed by atoms with Crippen molar-refractivity contribution in [3.8, 4) is 0 Å². The maximum atomic E-state index is 12.0. The van der Waals surface area contributed by atoms with Crippen molar-refractivity contribution in [1.29, 1.82) is 0 Å². The van der Waals surface area contributed by atoms with Crippen LogP contribution in [0.4, 0.5) is 11.5 Å². The Kier molecular flexibility index (Phi) is 3.18. The fourth-order valence-corrected chi connectivity index (χ4v) is 2.50. The number of hydrogen-bond acceptors (Lipinski definition) is 4. The van der Waals surface area contributed by atoms with Gasteiger partial charge in [-0.25, -0.2) is 8.42 Å². The second-order valence-corrected chi connectivity index (χ2v) is 5.75. The molecule has 8 heteroatoms. The zero-order valence-corrected chi connectivity index (χ0v) is 11.0. The summed E-state index contributed by atoms with van der Waals surface area (Å²) in [6, 6.07) is 5.66. The molecular weight excluding hydrogens is 276 g/mol. The maximum Gasteiger partial charge on any atom is 0.263 e.